The maximum absolute atomic E-state index is 12.8. The van der Waals surface area contributed by atoms with Gasteiger partial charge in [0.05, 0.1) is 26.2 Å². The second-order valence-corrected chi connectivity index (χ2v) is 6.06. The molecule has 2 aromatic rings. The topological polar surface area (TPSA) is 38.8 Å². The Hall–Kier alpha value is -2.33. The quantitative estimate of drug-likeness (QED) is 0.866. The summed E-state index contributed by atoms with van der Waals surface area (Å²) in [7, 11) is 1.63. The zero-order chi connectivity index (χ0) is 16.9. The van der Waals surface area contributed by atoms with Crippen LogP contribution >= 0.6 is 0 Å². The summed E-state index contributed by atoms with van der Waals surface area (Å²) < 4.78 is 11.2. The highest BCUT2D eigenvalue weighted by Crippen LogP contribution is 2.28. The molecule has 0 spiro atoms. The molecule has 2 unspecified atom stereocenters. The summed E-state index contributed by atoms with van der Waals surface area (Å²) >= 11 is 0. The fourth-order valence-electron chi connectivity index (χ4n) is 3.21. The first kappa shape index (κ1) is 16.5. The van der Waals surface area contributed by atoms with Gasteiger partial charge in [0.2, 0.25) is 5.91 Å². The van der Waals surface area contributed by atoms with Gasteiger partial charge in [0.25, 0.3) is 0 Å². The average Bonchev–Trinajstić information content (AvgIpc) is 2.62. The number of amides is 1. The number of benzene rings is 2. The van der Waals surface area contributed by atoms with Crippen LogP contribution in [-0.2, 0) is 16.0 Å². The van der Waals surface area contributed by atoms with Crippen LogP contribution in [0.3, 0.4) is 0 Å². The van der Waals surface area contributed by atoms with Gasteiger partial charge in [-0.25, -0.2) is 0 Å². The van der Waals surface area contributed by atoms with Crippen LogP contribution in [0.25, 0.3) is 0 Å². The number of nitrogens with zero attached hydrogens (tertiary/aromatic N) is 1. The number of morpholine rings is 1. The Morgan fingerprint density at radius 2 is 2.00 bits per heavy atom. The minimum atomic E-state index is -0.0748. The fraction of sp³-hybridized carbons (Fsp3) is 0.350. The van der Waals surface area contributed by atoms with Gasteiger partial charge in [-0.3, -0.25) is 4.79 Å². The summed E-state index contributed by atoms with van der Waals surface area (Å²) in [6.07, 6.45) is 0.303. The van der Waals surface area contributed by atoms with E-state index in [4.69, 9.17) is 9.47 Å². The van der Waals surface area contributed by atoms with Gasteiger partial charge in [-0.1, -0.05) is 42.5 Å². The molecule has 3 rings (SSSR count). The summed E-state index contributed by atoms with van der Waals surface area (Å²) in [5, 5.41) is 0. The lowest BCUT2D eigenvalue weighted by Crippen LogP contribution is -2.49. The summed E-state index contributed by atoms with van der Waals surface area (Å²) in [4.78, 5) is 14.7. The van der Waals surface area contributed by atoms with Gasteiger partial charge in [0.1, 0.15) is 11.9 Å². The van der Waals surface area contributed by atoms with E-state index >= 15 is 0 Å². The first-order valence-electron chi connectivity index (χ1n) is 8.28. The van der Waals surface area contributed by atoms with Gasteiger partial charge in [0, 0.05) is 6.54 Å². The van der Waals surface area contributed by atoms with E-state index in [1.54, 1.807) is 7.11 Å². The van der Waals surface area contributed by atoms with Crippen molar-refractivity contribution in [1.29, 1.82) is 0 Å². The Morgan fingerprint density at radius 1 is 1.21 bits per heavy atom. The van der Waals surface area contributed by atoms with Crippen LogP contribution in [0.2, 0.25) is 0 Å². The van der Waals surface area contributed by atoms with E-state index in [2.05, 4.69) is 19.1 Å². The molecule has 2 aromatic carbocycles. The largest absolute Gasteiger partial charge is 0.497 e. The molecular formula is C20H23NO3. The number of carbonyl (C=O) groups excluding carboxylic acids is 1. The van der Waals surface area contributed by atoms with Crippen LogP contribution in [0.5, 0.6) is 5.75 Å². The fourth-order valence-corrected chi connectivity index (χ4v) is 3.21. The molecular weight excluding hydrogens is 302 g/mol. The Labute approximate surface area is 143 Å². The van der Waals surface area contributed by atoms with E-state index in [0.29, 0.717) is 19.6 Å². The van der Waals surface area contributed by atoms with Crippen LogP contribution in [0.4, 0.5) is 0 Å². The van der Waals surface area contributed by atoms with Crippen molar-refractivity contribution in [2.75, 3.05) is 20.3 Å². The third-order valence-electron chi connectivity index (χ3n) is 4.50. The van der Waals surface area contributed by atoms with Gasteiger partial charge >= 0.3 is 0 Å². The molecule has 0 bridgehead atoms. The minimum Gasteiger partial charge on any atom is -0.497 e. The molecule has 2 atom stereocenters. The average molecular weight is 325 g/mol. The summed E-state index contributed by atoms with van der Waals surface area (Å²) in [6, 6.07) is 17.8. The van der Waals surface area contributed by atoms with E-state index in [9.17, 15) is 4.79 Å². The second-order valence-electron chi connectivity index (χ2n) is 6.06. The Morgan fingerprint density at radius 3 is 2.75 bits per heavy atom. The van der Waals surface area contributed by atoms with Gasteiger partial charge < -0.3 is 14.4 Å². The van der Waals surface area contributed by atoms with Crippen molar-refractivity contribution < 1.29 is 14.3 Å². The van der Waals surface area contributed by atoms with Crippen molar-refractivity contribution in [1.82, 2.24) is 4.90 Å². The number of rotatable bonds is 4. The van der Waals surface area contributed by atoms with Crippen molar-refractivity contribution >= 4 is 5.91 Å². The zero-order valence-corrected chi connectivity index (χ0v) is 14.1. The molecule has 0 N–H and O–H groups in total. The van der Waals surface area contributed by atoms with Crippen LogP contribution in [0, 0.1) is 0 Å². The standard InChI is InChI=1S/C20H23NO3/c1-15-20(17-8-4-3-5-9-17)24-12-11-21(15)19(22)14-16-7-6-10-18(13-16)23-2/h3-10,13,15,20H,11-12,14H2,1-2H3. The maximum atomic E-state index is 12.8. The lowest BCUT2D eigenvalue weighted by molar-refractivity contribution is -0.144. The molecule has 0 radical (unpaired) electrons. The smallest absolute Gasteiger partial charge is 0.227 e. The summed E-state index contributed by atoms with van der Waals surface area (Å²) in [5.41, 5.74) is 2.08. The predicted molar refractivity (Wildman–Crippen MR) is 93.0 cm³/mol. The lowest BCUT2D eigenvalue weighted by Gasteiger charge is -2.39. The molecule has 1 amide bonds. The predicted octanol–water partition coefficient (Wildman–Crippen LogP) is 3.23. The normalized spacial score (nSPS) is 20.7. The highest BCUT2D eigenvalue weighted by molar-refractivity contribution is 5.79. The number of methoxy groups -OCH3 is 1. The van der Waals surface area contributed by atoms with Gasteiger partial charge in [-0.05, 0) is 30.2 Å². The highest BCUT2D eigenvalue weighted by Gasteiger charge is 2.32. The van der Waals surface area contributed by atoms with Crippen molar-refractivity contribution in [2.45, 2.75) is 25.5 Å². The lowest BCUT2D eigenvalue weighted by atomic mass is 9.99. The van der Waals surface area contributed by atoms with Crippen molar-refractivity contribution in [3.05, 3.63) is 65.7 Å². The molecule has 1 aliphatic rings. The Kier molecular flexibility index (Phi) is 5.16. The number of ether oxygens (including phenoxy) is 2. The van der Waals surface area contributed by atoms with E-state index in [1.807, 2.05) is 47.4 Å². The first-order chi connectivity index (χ1) is 11.7. The molecule has 4 nitrogen and oxygen atoms in total. The molecule has 4 heteroatoms. The summed E-state index contributed by atoms with van der Waals surface area (Å²) in [5.74, 6) is 0.900. The molecule has 0 saturated carbocycles. The number of hydrogen-bond acceptors (Lipinski definition) is 3. The van der Waals surface area contributed by atoms with Gasteiger partial charge in [-0.15, -0.1) is 0 Å². The first-order valence-corrected chi connectivity index (χ1v) is 8.28. The maximum Gasteiger partial charge on any atom is 0.227 e. The monoisotopic (exact) mass is 325 g/mol. The molecule has 1 aliphatic heterocycles. The van der Waals surface area contributed by atoms with Crippen LogP contribution in [0.1, 0.15) is 24.2 Å². The molecule has 1 fully saturated rings. The molecule has 0 aromatic heterocycles. The van der Waals surface area contributed by atoms with E-state index in [-0.39, 0.29) is 18.1 Å². The Bertz CT molecular complexity index is 686. The van der Waals surface area contributed by atoms with Crippen LogP contribution < -0.4 is 4.74 Å². The SMILES string of the molecule is COc1cccc(CC(=O)N2CCOC(c3ccccc3)C2C)c1. The van der Waals surface area contributed by atoms with E-state index in [0.717, 1.165) is 16.9 Å². The summed E-state index contributed by atoms with van der Waals surface area (Å²) in [6.45, 7) is 3.25. The Balaban J connectivity index is 1.72. The minimum absolute atomic E-state index is 0.0132. The molecule has 24 heavy (non-hydrogen) atoms. The van der Waals surface area contributed by atoms with E-state index in [1.165, 1.54) is 0 Å². The second kappa shape index (κ2) is 7.49. The number of carbonyl (C=O) groups is 1. The van der Waals surface area contributed by atoms with E-state index < -0.39 is 0 Å². The third-order valence-corrected chi connectivity index (χ3v) is 4.50. The zero-order valence-electron chi connectivity index (χ0n) is 14.1. The molecule has 0 aliphatic carbocycles. The van der Waals surface area contributed by atoms with Crippen molar-refractivity contribution in [3.8, 4) is 5.75 Å². The molecule has 1 saturated heterocycles. The van der Waals surface area contributed by atoms with Crippen molar-refractivity contribution in [3.63, 3.8) is 0 Å². The highest BCUT2D eigenvalue weighted by atomic mass is 16.5. The van der Waals surface area contributed by atoms with Crippen LogP contribution in [0.15, 0.2) is 54.6 Å². The van der Waals surface area contributed by atoms with Gasteiger partial charge in [-0.2, -0.15) is 0 Å². The molecule has 126 valence electrons. The third kappa shape index (κ3) is 3.60. The molecule has 1 heterocycles. The van der Waals surface area contributed by atoms with Crippen LogP contribution in [-0.4, -0.2) is 37.1 Å². The number of hydrogen-bond donors (Lipinski definition) is 0. The van der Waals surface area contributed by atoms with Gasteiger partial charge in [0.15, 0.2) is 0 Å². The van der Waals surface area contributed by atoms with Crippen molar-refractivity contribution in [2.24, 2.45) is 0 Å².